The first-order chi connectivity index (χ1) is 17.1. The second-order valence-corrected chi connectivity index (χ2v) is 8.59. The van der Waals surface area contributed by atoms with Crippen molar-refractivity contribution in [1.29, 1.82) is 0 Å². The van der Waals surface area contributed by atoms with E-state index in [0.29, 0.717) is 12.0 Å². The average Bonchev–Trinajstić information content (AvgIpc) is 2.90. The van der Waals surface area contributed by atoms with Gasteiger partial charge in [0.15, 0.2) is 0 Å². The van der Waals surface area contributed by atoms with Crippen LogP contribution in [0.4, 0.5) is 4.39 Å². The van der Waals surface area contributed by atoms with Crippen LogP contribution in [0.3, 0.4) is 0 Å². The molecule has 1 heterocycles. The van der Waals surface area contributed by atoms with E-state index in [4.69, 9.17) is 0 Å². The van der Waals surface area contributed by atoms with Crippen molar-refractivity contribution in [3.05, 3.63) is 142 Å². The SMILES string of the molecule is O=c1cccco1.OC1CC=Cc2ccc3c(c21)C(F)C(/C=C/c1ccccc1)c1ccccc1-3. The minimum Gasteiger partial charge on any atom is -0.431 e. The third-order valence-electron chi connectivity index (χ3n) is 6.41. The van der Waals surface area contributed by atoms with Gasteiger partial charge < -0.3 is 9.52 Å². The predicted molar refractivity (Wildman–Crippen MR) is 138 cm³/mol. The molecule has 4 heteroatoms. The Hall–Kier alpha value is -4.02. The summed E-state index contributed by atoms with van der Waals surface area (Å²) in [6, 6.07) is 26.6. The Kier molecular flexibility index (Phi) is 6.55. The van der Waals surface area contributed by atoms with Crippen LogP contribution in [0, 0.1) is 0 Å². The maximum atomic E-state index is 16.0. The number of alkyl halides is 1. The van der Waals surface area contributed by atoms with E-state index < -0.39 is 12.3 Å². The minimum atomic E-state index is -1.19. The molecule has 0 fully saturated rings. The molecule has 0 spiro atoms. The Morgan fingerprint density at radius 1 is 0.857 bits per heavy atom. The molecule has 174 valence electrons. The van der Waals surface area contributed by atoms with Gasteiger partial charge in [-0.2, -0.15) is 0 Å². The third kappa shape index (κ3) is 4.66. The molecule has 3 aromatic carbocycles. The van der Waals surface area contributed by atoms with E-state index in [1.807, 2.05) is 85.0 Å². The molecule has 6 rings (SSSR count). The van der Waals surface area contributed by atoms with Crippen LogP contribution in [0.2, 0.25) is 0 Å². The molecule has 0 saturated heterocycles. The Balaban J connectivity index is 0.000000313. The van der Waals surface area contributed by atoms with Crippen LogP contribution >= 0.6 is 0 Å². The second kappa shape index (κ2) is 10.1. The van der Waals surface area contributed by atoms with Crippen LogP contribution in [0.1, 0.15) is 52.4 Å². The molecule has 3 nitrogen and oxygen atoms in total. The first-order valence-electron chi connectivity index (χ1n) is 11.7. The molecule has 0 radical (unpaired) electrons. The summed E-state index contributed by atoms with van der Waals surface area (Å²) in [6.45, 7) is 0. The molecule has 0 bridgehead atoms. The van der Waals surface area contributed by atoms with Crippen LogP contribution in [-0.2, 0) is 0 Å². The van der Waals surface area contributed by atoms with Gasteiger partial charge in [-0.3, -0.25) is 0 Å². The largest absolute Gasteiger partial charge is 0.431 e. The van der Waals surface area contributed by atoms with Gasteiger partial charge in [0.1, 0.15) is 6.17 Å². The lowest BCUT2D eigenvalue weighted by Crippen LogP contribution is -2.18. The molecule has 2 aliphatic rings. The van der Waals surface area contributed by atoms with E-state index in [1.165, 1.54) is 12.3 Å². The fraction of sp³-hybridized carbons (Fsp3) is 0.129. The highest BCUT2D eigenvalue weighted by atomic mass is 19.1. The van der Waals surface area contributed by atoms with Gasteiger partial charge in [-0.1, -0.05) is 97.1 Å². The van der Waals surface area contributed by atoms with Gasteiger partial charge in [-0.25, -0.2) is 9.18 Å². The molecule has 0 amide bonds. The number of hydrogen-bond donors (Lipinski definition) is 1. The first kappa shape index (κ1) is 22.8. The molecule has 4 aromatic rings. The molecule has 2 aliphatic carbocycles. The molecular weight excluding hydrogens is 439 g/mol. The molecule has 0 saturated carbocycles. The summed E-state index contributed by atoms with van der Waals surface area (Å²) in [7, 11) is 0. The summed E-state index contributed by atoms with van der Waals surface area (Å²) >= 11 is 0. The van der Waals surface area contributed by atoms with Crippen LogP contribution in [0.15, 0.2) is 113 Å². The molecule has 3 unspecified atom stereocenters. The Morgan fingerprint density at radius 3 is 2.37 bits per heavy atom. The Labute approximate surface area is 203 Å². The standard InChI is InChI=1S/C26H21FO.C5H4O2/c27-26-22(15-13-17-7-2-1-3-8-17)20-11-5-4-10-19(20)21-16-14-18-9-6-12-23(28)24(18)25(21)26;6-5-3-1-2-4-7-5/h1-11,13-16,22-23,26,28H,12H2;1-4H/b15-13+;. The van der Waals surface area contributed by atoms with Gasteiger partial charge >= 0.3 is 5.63 Å². The highest BCUT2D eigenvalue weighted by Gasteiger charge is 2.36. The van der Waals surface area contributed by atoms with Crippen molar-refractivity contribution in [3.8, 4) is 11.1 Å². The van der Waals surface area contributed by atoms with E-state index in [0.717, 1.165) is 33.4 Å². The maximum absolute atomic E-state index is 16.0. The lowest BCUT2D eigenvalue weighted by molar-refractivity contribution is 0.175. The van der Waals surface area contributed by atoms with Crippen molar-refractivity contribution in [2.24, 2.45) is 0 Å². The van der Waals surface area contributed by atoms with Gasteiger partial charge in [0, 0.05) is 17.5 Å². The topological polar surface area (TPSA) is 50.4 Å². The number of benzene rings is 3. The molecular formula is C31H25FO3. The fourth-order valence-electron chi connectivity index (χ4n) is 4.82. The monoisotopic (exact) mass is 464 g/mol. The number of allylic oxidation sites excluding steroid dienone is 1. The normalized spacial score (nSPS) is 19.8. The van der Waals surface area contributed by atoms with Crippen LogP contribution in [-0.4, -0.2) is 5.11 Å². The number of aliphatic hydroxyl groups is 1. The summed E-state index contributed by atoms with van der Waals surface area (Å²) in [5.41, 5.74) is 6.02. The number of rotatable bonds is 2. The Morgan fingerprint density at radius 2 is 1.63 bits per heavy atom. The highest BCUT2D eigenvalue weighted by Crippen LogP contribution is 2.52. The zero-order valence-electron chi connectivity index (χ0n) is 19.1. The van der Waals surface area contributed by atoms with Gasteiger partial charge in [0.05, 0.1) is 12.4 Å². The van der Waals surface area contributed by atoms with Crippen LogP contribution in [0.25, 0.3) is 23.3 Å². The summed E-state index contributed by atoms with van der Waals surface area (Å²) in [5, 5.41) is 10.6. The van der Waals surface area contributed by atoms with Crippen molar-refractivity contribution < 1.29 is 13.9 Å². The van der Waals surface area contributed by atoms with Crippen molar-refractivity contribution in [2.75, 3.05) is 0 Å². The van der Waals surface area contributed by atoms with E-state index >= 15 is 4.39 Å². The zero-order chi connectivity index (χ0) is 24.2. The zero-order valence-corrected chi connectivity index (χ0v) is 19.1. The average molecular weight is 465 g/mol. The molecule has 0 aliphatic heterocycles. The molecule has 1 N–H and O–H groups in total. The van der Waals surface area contributed by atoms with Gasteiger partial charge in [-0.05, 0) is 45.9 Å². The lowest BCUT2D eigenvalue weighted by atomic mass is 9.73. The third-order valence-corrected chi connectivity index (χ3v) is 6.41. The molecule has 3 atom stereocenters. The minimum absolute atomic E-state index is 0.303. The number of hydrogen-bond acceptors (Lipinski definition) is 3. The molecule has 35 heavy (non-hydrogen) atoms. The maximum Gasteiger partial charge on any atom is 0.335 e. The predicted octanol–water partition coefficient (Wildman–Crippen LogP) is 7.26. The van der Waals surface area contributed by atoms with E-state index in [1.54, 1.807) is 12.1 Å². The fourth-order valence-corrected chi connectivity index (χ4v) is 4.82. The highest BCUT2D eigenvalue weighted by molar-refractivity contribution is 5.80. The number of halogens is 1. The van der Waals surface area contributed by atoms with Crippen molar-refractivity contribution >= 4 is 12.2 Å². The van der Waals surface area contributed by atoms with Gasteiger partial charge in [-0.15, -0.1) is 0 Å². The van der Waals surface area contributed by atoms with Crippen molar-refractivity contribution in [2.45, 2.75) is 24.6 Å². The summed E-state index contributed by atoms with van der Waals surface area (Å²) in [6.07, 6.45) is 7.93. The van der Waals surface area contributed by atoms with Crippen molar-refractivity contribution in [1.82, 2.24) is 0 Å². The quantitative estimate of drug-likeness (QED) is 0.340. The Bertz CT molecular complexity index is 1420. The van der Waals surface area contributed by atoms with Crippen molar-refractivity contribution in [3.63, 3.8) is 0 Å². The number of aliphatic hydroxyl groups excluding tert-OH is 1. The van der Waals surface area contributed by atoms with E-state index in [2.05, 4.69) is 10.5 Å². The van der Waals surface area contributed by atoms with E-state index in [9.17, 15) is 9.90 Å². The van der Waals surface area contributed by atoms with Crippen LogP contribution < -0.4 is 5.63 Å². The van der Waals surface area contributed by atoms with Gasteiger partial charge in [0.2, 0.25) is 0 Å². The second-order valence-electron chi connectivity index (χ2n) is 8.59. The van der Waals surface area contributed by atoms with E-state index in [-0.39, 0.29) is 11.5 Å². The smallest absolute Gasteiger partial charge is 0.335 e. The summed E-state index contributed by atoms with van der Waals surface area (Å²) in [5.74, 6) is -0.381. The van der Waals surface area contributed by atoms with Gasteiger partial charge in [0.25, 0.3) is 0 Å². The van der Waals surface area contributed by atoms with Crippen LogP contribution in [0.5, 0.6) is 0 Å². The lowest BCUT2D eigenvalue weighted by Gasteiger charge is -2.33. The first-order valence-corrected chi connectivity index (χ1v) is 11.7. The molecule has 1 aromatic heterocycles. The number of fused-ring (bicyclic) bond motifs is 5. The summed E-state index contributed by atoms with van der Waals surface area (Å²) < 4.78 is 20.4. The summed E-state index contributed by atoms with van der Waals surface area (Å²) in [4.78, 5) is 10.1.